The molecule has 0 N–H and O–H groups in total. The first-order chi connectivity index (χ1) is 7.06. The summed E-state index contributed by atoms with van der Waals surface area (Å²) in [5, 5.41) is 10.8. The molecule has 0 atom stereocenters. The number of carbonyl (C=O) groups excluding carboxylic acids is 1. The quantitative estimate of drug-likeness (QED) is 0.558. The molecule has 80 valence electrons. The van der Waals surface area contributed by atoms with E-state index in [0.717, 1.165) is 0 Å². The third-order valence-corrected chi connectivity index (χ3v) is 2.14. The van der Waals surface area contributed by atoms with Crippen LogP contribution in [0.4, 0.5) is 5.69 Å². The van der Waals surface area contributed by atoms with E-state index in [0.29, 0.717) is 12.0 Å². The third-order valence-electron chi connectivity index (χ3n) is 2.14. The van der Waals surface area contributed by atoms with E-state index in [9.17, 15) is 14.9 Å². The van der Waals surface area contributed by atoms with Gasteiger partial charge in [0.05, 0.1) is 11.3 Å². The molecule has 15 heavy (non-hydrogen) atoms. The van der Waals surface area contributed by atoms with Gasteiger partial charge in [0.15, 0.2) is 0 Å². The number of carbonyl (C=O) groups is 1. The molecule has 0 spiro atoms. The van der Waals surface area contributed by atoms with Gasteiger partial charge in [0, 0.05) is 18.2 Å². The summed E-state index contributed by atoms with van der Waals surface area (Å²) in [7, 11) is 0. The smallest absolute Gasteiger partial charge is 0.294 e. The molecule has 0 bridgehead atoms. The summed E-state index contributed by atoms with van der Waals surface area (Å²) >= 11 is 0. The molecular weight excluding hydrogens is 196 g/mol. The molecule has 5 heteroatoms. The van der Waals surface area contributed by atoms with Crippen LogP contribution in [0.1, 0.15) is 24.6 Å². The van der Waals surface area contributed by atoms with E-state index in [1.807, 2.05) is 0 Å². The molecule has 0 unspecified atom stereocenters. The Kier molecular flexibility index (Phi) is 3.49. The first-order valence-corrected chi connectivity index (χ1v) is 4.66. The summed E-state index contributed by atoms with van der Waals surface area (Å²) in [6.07, 6.45) is 1.89. The summed E-state index contributed by atoms with van der Waals surface area (Å²) in [4.78, 5) is 25.4. The van der Waals surface area contributed by atoms with Crippen molar-refractivity contribution in [2.24, 2.45) is 0 Å². The lowest BCUT2D eigenvalue weighted by Crippen LogP contribution is -2.07. The molecule has 0 saturated heterocycles. The third kappa shape index (κ3) is 2.59. The van der Waals surface area contributed by atoms with Crippen molar-refractivity contribution in [3.63, 3.8) is 0 Å². The zero-order valence-corrected chi connectivity index (χ0v) is 8.69. The second-order valence-electron chi connectivity index (χ2n) is 3.25. The van der Waals surface area contributed by atoms with Gasteiger partial charge in [0.25, 0.3) is 5.69 Å². The monoisotopic (exact) mass is 208 g/mol. The molecule has 0 amide bonds. The van der Waals surface area contributed by atoms with Crippen LogP contribution in [0.25, 0.3) is 0 Å². The van der Waals surface area contributed by atoms with E-state index in [-0.39, 0.29) is 23.6 Å². The van der Waals surface area contributed by atoms with Gasteiger partial charge in [-0.1, -0.05) is 6.92 Å². The normalized spacial score (nSPS) is 10.0. The van der Waals surface area contributed by atoms with Gasteiger partial charge in [-0.2, -0.15) is 0 Å². The standard InChI is InChI=1S/C10H12N2O3/c1-3-8(13)6-9-10(12(14)15)7(2)4-5-11-9/h4-5H,3,6H2,1-2H3. The fourth-order valence-electron chi connectivity index (χ4n) is 1.30. The number of aromatic nitrogens is 1. The summed E-state index contributed by atoms with van der Waals surface area (Å²) < 4.78 is 0. The van der Waals surface area contributed by atoms with Crippen LogP contribution in [-0.2, 0) is 11.2 Å². The summed E-state index contributed by atoms with van der Waals surface area (Å²) in [5.41, 5.74) is 0.750. The van der Waals surface area contributed by atoms with Gasteiger partial charge in [0.2, 0.25) is 0 Å². The number of hydrogen-bond donors (Lipinski definition) is 0. The van der Waals surface area contributed by atoms with E-state index in [2.05, 4.69) is 4.98 Å². The van der Waals surface area contributed by atoms with Gasteiger partial charge in [-0.25, -0.2) is 0 Å². The fraction of sp³-hybridized carbons (Fsp3) is 0.400. The molecule has 0 radical (unpaired) electrons. The average molecular weight is 208 g/mol. The minimum Gasteiger partial charge on any atom is -0.299 e. The minimum atomic E-state index is -0.486. The Balaban J connectivity index is 3.11. The molecule has 0 saturated carbocycles. The summed E-state index contributed by atoms with van der Waals surface area (Å²) in [6, 6.07) is 1.57. The van der Waals surface area contributed by atoms with Gasteiger partial charge in [0.1, 0.15) is 11.5 Å². The van der Waals surface area contributed by atoms with Crippen molar-refractivity contribution < 1.29 is 9.72 Å². The first kappa shape index (κ1) is 11.3. The minimum absolute atomic E-state index is 0.0362. The van der Waals surface area contributed by atoms with E-state index in [4.69, 9.17) is 0 Å². The number of nitrogens with zero attached hydrogens (tertiary/aromatic N) is 2. The van der Waals surface area contributed by atoms with Gasteiger partial charge in [-0.3, -0.25) is 19.9 Å². The molecular formula is C10H12N2O3. The Bertz CT molecular complexity index is 402. The fourth-order valence-corrected chi connectivity index (χ4v) is 1.30. The maximum absolute atomic E-state index is 11.2. The van der Waals surface area contributed by atoms with E-state index >= 15 is 0 Å². The van der Waals surface area contributed by atoms with Crippen molar-refractivity contribution in [1.82, 2.24) is 4.98 Å². The van der Waals surface area contributed by atoms with Crippen LogP contribution >= 0.6 is 0 Å². The zero-order chi connectivity index (χ0) is 11.4. The topological polar surface area (TPSA) is 73.1 Å². The largest absolute Gasteiger partial charge is 0.299 e. The van der Waals surface area contributed by atoms with Crippen LogP contribution in [0.3, 0.4) is 0 Å². The number of rotatable bonds is 4. The highest BCUT2D eigenvalue weighted by Gasteiger charge is 2.19. The van der Waals surface area contributed by atoms with Crippen LogP contribution in [-0.4, -0.2) is 15.7 Å². The van der Waals surface area contributed by atoms with E-state index in [1.165, 1.54) is 6.20 Å². The lowest BCUT2D eigenvalue weighted by atomic mass is 10.1. The zero-order valence-electron chi connectivity index (χ0n) is 8.69. The van der Waals surface area contributed by atoms with Gasteiger partial charge in [-0.15, -0.1) is 0 Å². The molecule has 1 aromatic heterocycles. The summed E-state index contributed by atoms with van der Waals surface area (Å²) in [5.74, 6) is -0.0452. The second-order valence-corrected chi connectivity index (χ2v) is 3.25. The van der Waals surface area contributed by atoms with Crippen molar-refractivity contribution in [1.29, 1.82) is 0 Å². The van der Waals surface area contributed by atoms with Crippen molar-refractivity contribution in [2.45, 2.75) is 26.7 Å². The average Bonchev–Trinajstić information content (AvgIpc) is 2.17. The Morgan fingerprint density at radius 2 is 2.27 bits per heavy atom. The molecule has 5 nitrogen and oxygen atoms in total. The predicted octanol–water partition coefficient (Wildman–Crippen LogP) is 1.82. The van der Waals surface area contributed by atoms with E-state index < -0.39 is 4.92 Å². The Morgan fingerprint density at radius 1 is 1.60 bits per heavy atom. The SMILES string of the molecule is CCC(=O)Cc1nccc(C)c1[N+](=O)[O-]. The number of nitro groups is 1. The second kappa shape index (κ2) is 4.63. The molecule has 1 aromatic rings. The molecule has 1 rings (SSSR count). The number of pyridine rings is 1. The highest BCUT2D eigenvalue weighted by atomic mass is 16.6. The lowest BCUT2D eigenvalue weighted by Gasteiger charge is -2.02. The Morgan fingerprint density at radius 3 is 2.80 bits per heavy atom. The van der Waals surface area contributed by atoms with Crippen molar-refractivity contribution >= 4 is 11.5 Å². The van der Waals surface area contributed by atoms with Crippen molar-refractivity contribution in [3.8, 4) is 0 Å². The van der Waals surface area contributed by atoms with Gasteiger partial charge in [-0.05, 0) is 13.0 Å². The maximum atomic E-state index is 11.2. The molecule has 0 aromatic carbocycles. The van der Waals surface area contributed by atoms with Crippen LogP contribution in [0.2, 0.25) is 0 Å². The predicted molar refractivity (Wildman–Crippen MR) is 54.6 cm³/mol. The van der Waals surface area contributed by atoms with Gasteiger partial charge >= 0.3 is 0 Å². The molecule has 0 aliphatic carbocycles. The molecule has 0 aliphatic heterocycles. The molecule has 0 fully saturated rings. The Hall–Kier alpha value is -1.78. The Labute approximate surface area is 87.3 Å². The highest BCUT2D eigenvalue weighted by molar-refractivity contribution is 5.81. The van der Waals surface area contributed by atoms with Crippen LogP contribution < -0.4 is 0 Å². The number of hydrogen-bond acceptors (Lipinski definition) is 4. The van der Waals surface area contributed by atoms with Crippen LogP contribution in [0.5, 0.6) is 0 Å². The van der Waals surface area contributed by atoms with E-state index in [1.54, 1.807) is 19.9 Å². The molecule has 0 aliphatic rings. The van der Waals surface area contributed by atoms with Crippen LogP contribution in [0.15, 0.2) is 12.3 Å². The van der Waals surface area contributed by atoms with Crippen molar-refractivity contribution in [3.05, 3.63) is 33.6 Å². The van der Waals surface area contributed by atoms with Gasteiger partial charge < -0.3 is 0 Å². The summed E-state index contributed by atoms with van der Waals surface area (Å²) in [6.45, 7) is 3.36. The molecule has 1 heterocycles. The lowest BCUT2D eigenvalue weighted by molar-refractivity contribution is -0.386. The number of Topliss-reactive ketones (excluding diaryl/α,β-unsaturated/α-hetero) is 1. The van der Waals surface area contributed by atoms with Crippen LogP contribution in [0, 0.1) is 17.0 Å². The number of aryl methyl sites for hydroxylation is 1. The first-order valence-electron chi connectivity index (χ1n) is 4.66. The maximum Gasteiger partial charge on any atom is 0.294 e. The highest BCUT2D eigenvalue weighted by Crippen LogP contribution is 2.21. The van der Waals surface area contributed by atoms with Crippen molar-refractivity contribution in [2.75, 3.05) is 0 Å². The number of ketones is 1.